The number of rotatable bonds is 6. The molecule has 2 nitrogen and oxygen atoms in total. The van der Waals surface area contributed by atoms with E-state index < -0.39 is 11.7 Å². The Bertz CT molecular complexity index is 401. The van der Waals surface area contributed by atoms with Crippen LogP contribution in [0, 0.1) is 0 Å². The third-order valence-electron chi connectivity index (χ3n) is 2.14. The molecule has 0 fully saturated rings. The van der Waals surface area contributed by atoms with Gasteiger partial charge in [0, 0.05) is 12.2 Å². The standard InChI is InChI=1S/C13H16F3NO/c1-10(2)9-18-8-7-17-12-6-4-3-5-11(12)13(14,15)16/h3-6,17H,1,7-9H2,2H3. The maximum absolute atomic E-state index is 12.6. The molecular weight excluding hydrogens is 243 g/mol. The molecule has 0 bridgehead atoms. The van der Waals surface area contributed by atoms with Crippen LogP contribution in [0.4, 0.5) is 18.9 Å². The van der Waals surface area contributed by atoms with Gasteiger partial charge in [-0.05, 0) is 19.1 Å². The second kappa shape index (κ2) is 6.44. The molecule has 0 spiro atoms. The molecule has 0 heterocycles. The highest BCUT2D eigenvalue weighted by Crippen LogP contribution is 2.34. The van der Waals surface area contributed by atoms with Crippen LogP contribution in [-0.4, -0.2) is 19.8 Å². The molecular formula is C13H16F3NO. The first-order valence-electron chi connectivity index (χ1n) is 5.53. The van der Waals surface area contributed by atoms with E-state index in [9.17, 15) is 13.2 Å². The largest absolute Gasteiger partial charge is 0.418 e. The number of hydrogen-bond acceptors (Lipinski definition) is 2. The second-order valence-electron chi connectivity index (χ2n) is 3.98. The summed E-state index contributed by atoms with van der Waals surface area (Å²) >= 11 is 0. The summed E-state index contributed by atoms with van der Waals surface area (Å²) in [6.07, 6.45) is -4.35. The van der Waals surface area contributed by atoms with Gasteiger partial charge < -0.3 is 10.1 Å². The molecule has 0 aliphatic carbocycles. The average molecular weight is 259 g/mol. The molecule has 0 radical (unpaired) electrons. The van der Waals surface area contributed by atoms with Gasteiger partial charge >= 0.3 is 6.18 Å². The highest BCUT2D eigenvalue weighted by Gasteiger charge is 2.32. The lowest BCUT2D eigenvalue weighted by Crippen LogP contribution is -2.14. The van der Waals surface area contributed by atoms with E-state index in [2.05, 4.69) is 11.9 Å². The molecule has 0 aromatic heterocycles. The Morgan fingerprint density at radius 2 is 2.00 bits per heavy atom. The van der Waals surface area contributed by atoms with Gasteiger partial charge in [0.05, 0.1) is 18.8 Å². The van der Waals surface area contributed by atoms with Crippen LogP contribution in [0.25, 0.3) is 0 Å². The normalized spacial score (nSPS) is 11.3. The van der Waals surface area contributed by atoms with Crippen LogP contribution in [0.2, 0.25) is 0 Å². The summed E-state index contributed by atoms with van der Waals surface area (Å²) in [5.74, 6) is 0. The van der Waals surface area contributed by atoms with Crippen molar-refractivity contribution in [2.45, 2.75) is 13.1 Å². The van der Waals surface area contributed by atoms with Gasteiger partial charge in [-0.3, -0.25) is 0 Å². The van der Waals surface area contributed by atoms with Crippen LogP contribution in [0.5, 0.6) is 0 Å². The SMILES string of the molecule is C=C(C)COCCNc1ccccc1C(F)(F)F. The van der Waals surface area contributed by atoms with Gasteiger partial charge in [-0.1, -0.05) is 24.3 Å². The van der Waals surface area contributed by atoms with Crippen LogP contribution >= 0.6 is 0 Å². The van der Waals surface area contributed by atoms with Crippen molar-refractivity contribution >= 4 is 5.69 Å². The summed E-state index contributed by atoms with van der Waals surface area (Å²) in [7, 11) is 0. The van der Waals surface area contributed by atoms with E-state index in [0.29, 0.717) is 19.8 Å². The van der Waals surface area contributed by atoms with E-state index >= 15 is 0 Å². The molecule has 0 aliphatic rings. The Morgan fingerprint density at radius 1 is 1.33 bits per heavy atom. The van der Waals surface area contributed by atoms with Crippen LogP contribution in [0.15, 0.2) is 36.4 Å². The minimum Gasteiger partial charge on any atom is -0.382 e. The van der Waals surface area contributed by atoms with Crippen molar-refractivity contribution in [3.8, 4) is 0 Å². The van der Waals surface area contributed by atoms with Gasteiger partial charge in [0.25, 0.3) is 0 Å². The number of alkyl halides is 3. The smallest absolute Gasteiger partial charge is 0.382 e. The zero-order chi connectivity index (χ0) is 13.6. The van der Waals surface area contributed by atoms with E-state index in [1.54, 1.807) is 6.07 Å². The third-order valence-corrected chi connectivity index (χ3v) is 2.14. The maximum Gasteiger partial charge on any atom is 0.418 e. The van der Waals surface area contributed by atoms with Crippen LogP contribution in [-0.2, 0) is 10.9 Å². The van der Waals surface area contributed by atoms with Gasteiger partial charge in [0.15, 0.2) is 0 Å². The fourth-order valence-electron chi connectivity index (χ4n) is 1.39. The van der Waals surface area contributed by atoms with E-state index in [-0.39, 0.29) is 5.69 Å². The molecule has 0 atom stereocenters. The minimum absolute atomic E-state index is 0.0731. The highest BCUT2D eigenvalue weighted by molar-refractivity contribution is 5.52. The molecule has 0 unspecified atom stereocenters. The minimum atomic E-state index is -4.35. The third kappa shape index (κ3) is 4.79. The molecule has 0 amide bonds. The zero-order valence-electron chi connectivity index (χ0n) is 10.2. The summed E-state index contributed by atoms with van der Waals surface area (Å²) in [5.41, 5.74) is 0.291. The number of anilines is 1. The molecule has 18 heavy (non-hydrogen) atoms. The highest BCUT2D eigenvalue weighted by atomic mass is 19.4. The maximum atomic E-state index is 12.6. The summed E-state index contributed by atoms with van der Waals surface area (Å²) in [6.45, 7) is 6.56. The number of para-hydroxylation sites is 1. The average Bonchev–Trinajstić information content (AvgIpc) is 2.27. The number of nitrogens with one attached hydrogen (secondary N) is 1. The fourth-order valence-corrected chi connectivity index (χ4v) is 1.39. The van der Waals surface area contributed by atoms with Crippen molar-refractivity contribution in [1.82, 2.24) is 0 Å². The monoisotopic (exact) mass is 259 g/mol. The molecule has 1 rings (SSSR count). The topological polar surface area (TPSA) is 21.3 Å². The Kier molecular flexibility index (Phi) is 5.22. The number of ether oxygens (including phenoxy) is 1. The molecule has 5 heteroatoms. The summed E-state index contributed by atoms with van der Waals surface area (Å²) in [4.78, 5) is 0. The zero-order valence-corrected chi connectivity index (χ0v) is 10.2. The molecule has 1 N–H and O–H groups in total. The van der Waals surface area contributed by atoms with Gasteiger partial charge in [-0.2, -0.15) is 13.2 Å². The molecule has 1 aromatic rings. The Morgan fingerprint density at radius 3 is 2.61 bits per heavy atom. The lowest BCUT2D eigenvalue weighted by molar-refractivity contribution is -0.137. The first-order chi connectivity index (χ1) is 8.41. The molecule has 0 saturated heterocycles. The quantitative estimate of drug-likeness (QED) is 0.621. The van der Waals surface area contributed by atoms with Crippen LogP contribution in [0.1, 0.15) is 12.5 Å². The summed E-state index contributed by atoms with van der Waals surface area (Å²) in [5, 5.41) is 2.72. The van der Waals surface area contributed by atoms with Gasteiger partial charge in [0.1, 0.15) is 0 Å². The fraction of sp³-hybridized carbons (Fsp3) is 0.385. The van der Waals surface area contributed by atoms with Crippen molar-refractivity contribution in [3.63, 3.8) is 0 Å². The number of benzene rings is 1. The van der Waals surface area contributed by atoms with Gasteiger partial charge in [-0.25, -0.2) is 0 Å². The lowest BCUT2D eigenvalue weighted by Gasteiger charge is -2.14. The van der Waals surface area contributed by atoms with E-state index in [4.69, 9.17) is 4.74 Å². The predicted octanol–water partition coefficient (Wildman–Crippen LogP) is 3.71. The first-order valence-corrected chi connectivity index (χ1v) is 5.53. The van der Waals surface area contributed by atoms with Crippen LogP contribution < -0.4 is 5.32 Å². The molecule has 0 aliphatic heterocycles. The van der Waals surface area contributed by atoms with Gasteiger partial charge in [-0.15, -0.1) is 0 Å². The lowest BCUT2D eigenvalue weighted by atomic mass is 10.1. The first kappa shape index (κ1) is 14.6. The molecule has 0 saturated carbocycles. The summed E-state index contributed by atoms with van der Waals surface area (Å²) < 4.78 is 43.1. The van der Waals surface area contributed by atoms with Gasteiger partial charge in [0.2, 0.25) is 0 Å². The van der Waals surface area contributed by atoms with E-state index in [1.165, 1.54) is 12.1 Å². The van der Waals surface area contributed by atoms with Crippen molar-refractivity contribution < 1.29 is 17.9 Å². The van der Waals surface area contributed by atoms with Crippen molar-refractivity contribution in [1.29, 1.82) is 0 Å². The Balaban J connectivity index is 2.50. The van der Waals surface area contributed by atoms with Crippen molar-refractivity contribution in [2.75, 3.05) is 25.1 Å². The second-order valence-corrected chi connectivity index (χ2v) is 3.98. The predicted molar refractivity (Wildman–Crippen MR) is 65.6 cm³/mol. The van der Waals surface area contributed by atoms with Crippen LogP contribution in [0.3, 0.4) is 0 Å². The molecule has 100 valence electrons. The number of hydrogen-bond donors (Lipinski definition) is 1. The van der Waals surface area contributed by atoms with E-state index in [0.717, 1.165) is 11.6 Å². The molecule has 1 aromatic carbocycles. The number of halogens is 3. The van der Waals surface area contributed by atoms with E-state index in [1.807, 2.05) is 6.92 Å². The Labute approximate surface area is 104 Å². The van der Waals surface area contributed by atoms with Crippen molar-refractivity contribution in [2.24, 2.45) is 0 Å². The Hall–Kier alpha value is -1.49. The summed E-state index contributed by atoms with van der Waals surface area (Å²) in [6, 6.07) is 5.39. The van der Waals surface area contributed by atoms with Crippen molar-refractivity contribution in [3.05, 3.63) is 42.0 Å².